The average Bonchev–Trinajstić information content (AvgIpc) is 3.36. The van der Waals surface area contributed by atoms with Gasteiger partial charge in [0.2, 0.25) is 0 Å². The molecule has 0 N–H and O–H groups in total. The number of allylic oxidation sites excluding steroid dienone is 4. The molecule has 1 aliphatic rings. The van der Waals surface area contributed by atoms with Crippen LogP contribution in [-0.4, -0.2) is 68.3 Å². The molecule has 0 spiro atoms. The summed E-state index contributed by atoms with van der Waals surface area (Å²) in [5, 5.41) is 0. The van der Waals surface area contributed by atoms with Gasteiger partial charge in [-0.3, -0.25) is 9.36 Å². The molecule has 0 aliphatic carbocycles. The molecule has 0 saturated carbocycles. The molecule has 9 nitrogen and oxygen atoms in total. The Morgan fingerprint density at radius 2 is 1.61 bits per heavy atom. The van der Waals surface area contributed by atoms with Crippen LogP contribution in [0.1, 0.15) is 53.7 Å². The van der Waals surface area contributed by atoms with Gasteiger partial charge in [0.25, 0.3) is 0 Å². The second kappa shape index (κ2) is 17.8. The summed E-state index contributed by atoms with van der Waals surface area (Å²) in [5.41, 5.74) is 4.02. The van der Waals surface area contributed by atoms with E-state index in [2.05, 4.69) is 45.4 Å². The van der Waals surface area contributed by atoms with Crippen LogP contribution >= 0.6 is 7.60 Å². The Morgan fingerprint density at radius 1 is 0.978 bits per heavy atom. The van der Waals surface area contributed by atoms with Crippen molar-refractivity contribution in [1.82, 2.24) is 0 Å². The fourth-order valence-electron chi connectivity index (χ4n) is 4.97. The Kier molecular flexibility index (Phi) is 15.5. The first-order chi connectivity index (χ1) is 21.4. The molecular formula is C34H57O9PSi2. The molecule has 1 heterocycles. The molecule has 0 radical (unpaired) electrons. The Hall–Kier alpha value is -2.18. The van der Waals surface area contributed by atoms with E-state index in [1.165, 1.54) is 14.2 Å². The van der Waals surface area contributed by atoms with Gasteiger partial charge >= 0.3 is 19.5 Å². The first kappa shape index (κ1) is 40.0. The molecule has 1 atom stereocenters. The lowest BCUT2D eigenvalue weighted by atomic mass is 9.93. The predicted octanol–water partition coefficient (Wildman–Crippen LogP) is 8.59. The Labute approximate surface area is 278 Å². The minimum Gasteiger partial charge on any atom is -0.493 e. The molecule has 0 bridgehead atoms. The zero-order valence-corrected chi connectivity index (χ0v) is 32.9. The molecule has 2 rings (SSSR count). The number of carbonyl (C=O) groups is 2. The molecule has 0 aromatic heterocycles. The molecule has 0 fully saturated rings. The van der Waals surface area contributed by atoms with E-state index in [0.29, 0.717) is 50.4 Å². The maximum absolute atomic E-state index is 13.3. The van der Waals surface area contributed by atoms with Gasteiger partial charge in [-0.1, -0.05) is 63.1 Å². The predicted molar refractivity (Wildman–Crippen MR) is 190 cm³/mol. The molecule has 1 aromatic rings. The second-order valence-electron chi connectivity index (χ2n) is 14.3. The van der Waals surface area contributed by atoms with Gasteiger partial charge in [-0.2, -0.15) is 0 Å². The maximum Gasteiger partial charge on any atom is 0.342 e. The van der Waals surface area contributed by atoms with Gasteiger partial charge in [-0.25, -0.2) is 4.79 Å². The molecule has 1 aliphatic heterocycles. The minimum absolute atomic E-state index is 0.118. The summed E-state index contributed by atoms with van der Waals surface area (Å²) in [5.74, 6) is 0.218. The SMILES string of the molecule is CCOc1c(C)c2c(c(OCC[Si](C)(C)C)c1CC=C(C)CC(CC=CCP(=O)(OC)OC)C(=O)OCC[Si](C)(C)C)C(=O)OC2. The van der Waals surface area contributed by atoms with Crippen LogP contribution in [0.25, 0.3) is 0 Å². The summed E-state index contributed by atoms with van der Waals surface area (Å²) in [4.78, 5) is 26.2. The van der Waals surface area contributed by atoms with Crippen LogP contribution in [0.2, 0.25) is 51.4 Å². The summed E-state index contributed by atoms with van der Waals surface area (Å²) in [6.45, 7) is 21.1. The fourth-order valence-corrected chi connectivity index (χ4v) is 7.25. The number of rotatable bonds is 20. The molecule has 46 heavy (non-hydrogen) atoms. The molecule has 12 heteroatoms. The molecule has 1 unspecified atom stereocenters. The number of esters is 2. The summed E-state index contributed by atoms with van der Waals surface area (Å²) >= 11 is 0. The lowest BCUT2D eigenvalue weighted by Gasteiger charge is -2.22. The minimum atomic E-state index is -3.19. The molecule has 0 amide bonds. The second-order valence-corrected chi connectivity index (χ2v) is 27.8. The van der Waals surface area contributed by atoms with Crippen molar-refractivity contribution in [1.29, 1.82) is 0 Å². The van der Waals surface area contributed by atoms with Gasteiger partial charge in [-0.05, 0) is 57.7 Å². The zero-order chi connectivity index (χ0) is 34.7. The van der Waals surface area contributed by atoms with Crippen molar-refractivity contribution in [3.05, 3.63) is 46.1 Å². The van der Waals surface area contributed by atoms with Crippen LogP contribution in [0.3, 0.4) is 0 Å². The highest BCUT2D eigenvalue weighted by Crippen LogP contribution is 2.46. The van der Waals surface area contributed by atoms with E-state index in [9.17, 15) is 14.2 Å². The van der Waals surface area contributed by atoms with E-state index in [4.69, 9.17) is 28.0 Å². The summed E-state index contributed by atoms with van der Waals surface area (Å²) in [6, 6.07) is 1.84. The van der Waals surface area contributed by atoms with Gasteiger partial charge in [0.05, 0.1) is 31.9 Å². The fraction of sp³-hybridized carbons (Fsp3) is 0.647. The Balaban J connectivity index is 2.39. The highest BCUT2D eigenvalue weighted by atomic mass is 31.2. The van der Waals surface area contributed by atoms with E-state index in [0.717, 1.165) is 40.1 Å². The van der Waals surface area contributed by atoms with Gasteiger partial charge in [-0.15, -0.1) is 0 Å². The lowest BCUT2D eigenvalue weighted by molar-refractivity contribution is -0.147. The van der Waals surface area contributed by atoms with Gasteiger partial charge in [0, 0.05) is 41.5 Å². The third-order valence-corrected chi connectivity index (χ3v) is 13.1. The normalized spacial score (nSPS) is 14.8. The molecule has 1 aromatic carbocycles. The van der Waals surface area contributed by atoms with Crippen LogP contribution in [-0.2, 0) is 40.9 Å². The number of ether oxygens (including phenoxy) is 4. The lowest BCUT2D eigenvalue weighted by Crippen LogP contribution is -2.25. The highest BCUT2D eigenvalue weighted by Gasteiger charge is 2.33. The molecular weight excluding hydrogens is 640 g/mol. The van der Waals surface area contributed by atoms with Crippen molar-refractivity contribution in [2.75, 3.05) is 40.2 Å². The van der Waals surface area contributed by atoms with Gasteiger partial charge in [0.15, 0.2) is 0 Å². The largest absolute Gasteiger partial charge is 0.493 e. The quantitative estimate of drug-likeness (QED) is 0.0573. The van der Waals surface area contributed by atoms with Crippen molar-refractivity contribution in [2.24, 2.45) is 5.92 Å². The summed E-state index contributed by atoms with van der Waals surface area (Å²) < 4.78 is 46.3. The molecule has 260 valence electrons. The Bertz CT molecular complexity index is 1300. The van der Waals surface area contributed by atoms with Crippen molar-refractivity contribution in [3.63, 3.8) is 0 Å². The third-order valence-electron chi connectivity index (χ3n) is 7.93. The van der Waals surface area contributed by atoms with Crippen LogP contribution in [0.5, 0.6) is 11.5 Å². The number of cyclic esters (lactones) is 1. The number of fused-ring (bicyclic) bond motifs is 1. The van der Waals surface area contributed by atoms with E-state index >= 15 is 0 Å². The van der Waals surface area contributed by atoms with Crippen molar-refractivity contribution in [2.45, 2.75) is 98.0 Å². The van der Waals surface area contributed by atoms with Crippen LogP contribution < -0.4 is 9.47 Å². The van der Waals surface area contributed by atoms with Crippen molar-refractivity contribution in [3.8, 4) is 11.5 Å². The smallest absolute Gasteiger partial charge is 0.342 e. The first-order valence-electron chi connectivity index (χ1n) is 16.2. The topological polar surface area (TPSA) is 107 Å². The van der Waals surface area contributed by atoms with Crippen LogP contribution in [0.4, 0.5) is 0 Å². The highest BCUT2D eigenvalue weighted by molar-refractivity contribution is 7.54. The number of hydrogen-bond donors (Lipinski definition) is 0. The number of hydrogen-bond acceptors (Lipinski definition) is 9. The van der Waals surface area contributed by atoms with E-state index in [-0.39, 0.29) is 24.7 Å². The Morgan fingerprint density at radius 3 is 2.20 bits per heavy atom. The van der Waals surface area contributed by atoms with E-state index in [1.54, 1.807) is 6.08 Å². The monoisotopic (exact) mass is 696 g/mol. The maximum atomic E-state index is 13.3. The van der Waals surface area contributed by atoms with E-state index < -0.39 is 29.7 Å². The first-order valence-corrected chi connectivity index (χ1v) is 25.4. The number of carbonyl (C=O) groups excluding carboxylic acids is 2. The third kappa shape index (κ3) is 12.5. The average molecular weight is 697 g/mol. The van der Waals surface area contributed by atoms with Crippen LogP contribution in [0, 0.1) is 12.8 Å². The zero-order valence-electron chi connectivity index (χ0n) is 30.0. The van der Waals surface area contributed by atoms with Crippen molar-refractivity contribution >= 4 is 35.7 Å². The standard InChI is InChI=1S/C34H57O9PSi2/c1-12-40-31-26(3)29-24-43-34(36)30(29)32(41-18-21-45(6,7)8)28(31)17-16-25(2)23-27(33(35)42-19-22-46(9,10)11)15-13-14-20-44(37,38-4)39-5/h13-14,16,27H,12,15,17-24H2,1-11H3. The van der Waals surface area contributed by atoms with Gasteiger partial charge in [0.1, 0.15) is 23.7 Å². The number of benzene rings is 1. The van der Waals surface area contributed by atoms with Crippen molar-refractivity contribution < 1.29 is 42.1 Å². The van der Waals surface area contributed by atoms with Crippen LogP contribution in [0.15, 0.2) is 23.8 Å². The summed E-state index contributed by atoms with van der Waals surface area (Å²) in [6.07, 6.45) is 7.13. The molecule has 0 saturated heterocycles. The van der Waals surface area contributed by atoms with E-state index in [1.807, 2.05) is 26.8 Å². The van der Waals surface area contributed by atoms with Gasteiger partial charge < -0.3 is 28.0 Å². The summed E-state index contributed by atoms with van der Waals surface area (Å²) in [7, 11) is -3.23.